The number of aliphatic imine (C=N–C) groups is 1. The Labute approximate surface area is 183 Å². The van der Waals surface area contributed by atoms with Gasteiger partial charge >= 0.3 is 17.1 Å². The second-order valence-electron chi connectivity index (χ2n) is 5.72. The molecule has 2 aromatic carbocycles. The molecule has 0 aliphatic carbocycles. The van der Waals surface area contributed by atoms with Crippen molar-refractivity contribution in [3.63, 3.8) is 0 Å². The van der Waals surface area contributed by atoms with E-state index in [-0.39, 0.29) is 11.8 Å². The largest absolute Gasteiger partial charge is 0.480 e. The highest BCUT2D eigenvalue weighted by molar-refractivity contribution is 9.11. The van der Waals surface area contributed by atoms with Crippen LogP contribution in [0.1, 0.15) is 5.56 Å². The molecular formula is C19H15BrF2N4O3S. The van der Waals surface area contributed by atoms with E-state index in [1.807, 2.05) is 0 Å². The number of nitriles is 1. The van der Waals surface area contributed by atoms with E-state index in [2.05, 4.69) is 33.7 Å². The first-order valence-electron chi connectivity index (χ1n) is 8.24. The van der Waals surface area contributed by atoms with Crippen LogP contribution in [0, 0.1) is 11.3 Å². The van der Waals surface area contributed by atoms with Crippen molar-refractivity contribution >= 4 is 62.7 Å². The molecule has 11 heteroatoms. The van der Waals surface area contributed by atoms with Gasteiger partial charge < -0.3 is 15.3 Å². The Kier molecular flexibility index (Phi) is 7.91. The number of carboxylic acids is 1. The maximum absolute atomic E-state index is 14.2. The van der Waals surface area contributed by atoms with Gasteiger partial charge in [0.1, 0.15) is 11.2 Å². The minimum atomic E-state index is -3.88. The normalized spacial score (nSPS) is 11.6. The number of carboxylic acid groups (broad SMARTS) is 1. The zero-order chi connectivity index (χ0) is 22.3. The summed E-state index contributed by atoms with van der Waals surface area (Å²) in [6.07, 6.45) is 1.30. The number of benzene rings is 2. The third-order valence-corrected chi connectivity index (χ3v) is 5.38. The Morgan fingerprint density at radius 1 is 1.33 bits per heavy atom. The van der Waals surface area contributed by atoms with Gasteiger partial charge in [-0.05, 0) is 34.8 Å². The Bertz CT molecular complexity index is 1060. The number of carbonyl (C=O) groups excluding carboxylic acids is 1. The molecule has 0 atom stereocenters. The van der Waals surface area contributed by atoms with Crippen molar-refractivity contribution in [2.24, 2.45) is 4.99 Å². The van der Waals surface area contributed by atoms with Gasteiger partial charge in [-0.2, -0.15) is 14.0 Å². The number of nitrogens with one attached hydrogen (secondary N) is 1. The summed E-state index contributed by atoms with van der Waals surface area (Å²) in [6, 6.07) is 12.2. The lowest BCUT2D eigenvalue weighted by Gasteiger charge is -2.27. The van der Waals surface area contributed by atoms with Gasteiger partial charge in [0.25, 0.3) is 0 Å². The number of alkyl halides is 2. The molecule has 0 heterocycles. The summed E-state index contributed by atoms with van der Waals surface area (Å²) >= 11 is 3.27. The first kappa shape index (κ1) is 23.3. The number of thioether (sulfide) groups is 1. The summed E-state index contributed by atoms with van der Waals surface area (Å²) in [5.41, 5.74) is 0.910. The average Bonchev–Trinajstić information content (AvgIpc) is 2.72. The molecule has 0 aliphatic heterocycles. The summed E-state index contributed by atoms with van der Waals surface area (Å²) < 4.78 is 28.8. The van der Waals surface area contributed by atoms with Crippen LogP contribution in [0.25, 0.3) is 10.8 Å². The van der Waals surface area contributed by atoms with Crippen LogP contribution in [0.3, 0.4) is 0 Å². The fraction of sp³-hybridized carbons (Fsp3) is 0.158. The minimum Gasteiger partial charge on any atom is -0.480 e. The Balaban J connectivity index is 2.40. The van der Waals surface area contributed by atoms with E-state index in [1.54, 1.807) is 41.7 Å². The lowest BCUT2D eigenvalue weighted by Crippen LogP contribution is -2.41. The second-order valence-corrected chi connectivity index (χ2v) is 7.59. The smallest absolute Gasteiger partial charge is 0.372 e. The van der Waals surface area contributed by atoms with E-state index in [4.69, 9.17) is 5.11 Å². The third kappa shape index (κ3) is 5.55. The summed E-state index contributed by atoms with van der Waals surface area (Å²) in [6.45, 7) is 2.43. The lowest BCUT2D eigenvalue weighted by atomic mass is 10.0. The van der Waals surface area contributed by atoms with Gasteiger partial charge in [0, 0.05) is 10.8 Å². The molecule has 0 unspecified atom stereocenters. The molecule has 156 valence electrons. The molecule has 2 N–H and O–H groups in total. The van der Waals surface area contributed by atoms with Crippen molar-refractivity contribution in [1.29, 1.82) is 5.26 Å². The SMILES string of the molecule is C=N/C=C(/Br)N(CSC(F)(F)C(=O)NCC(=O)O)c1ccc(C#N)c2ccccc12. The van der Waals surface area contributed by atoms with Crippen molar-refractivity contribution in [2.45, 2.75) is 5.25 Å². The highest BCUT2D eigenvalue weighted by atomic mass is 79.9. The van der Waals surface area contributed by atoms with E-state index in [1.165, 1.54) is 11.1 Å². The van der Waals surface area contributed by atoms with Crippen LogP contribution in [0.15, 0.2) is 52.2 Å². The number of carbonyl (C=O) groups is 2. The predicted molar refractivity (Wildman–Crippen MR) is 116 cm³/mol. The fourth-order valence-electron chi connectivity index (χ4n) is 2.48. The topological polar surface area (TPSA) is 106 Å². The van der Waals surface area contributed by atoms with E-state index in [0.717, 1.165) is 0 Å². The molecule has 30 heavy (non-hydrogen) atoms. The summed E-state index contributed by atoms with van der Waals surface area (Å²) in [7, 11) is 0. The lowest BCUT2D eigenvalue weighted by molar-refractivity contribution is -0.141. The zero-order valence-electron chi connectivity index (χ0n) is 15.3. The van der Waals surface area contributed by atoms with Crippen LogP contribution in [-0.2, 0) is 9.59 Å². The standard InChI is InChI=1S/C19H15BrF2N4O3S/c1-24-9-16(20)26(11-30-19(21,22)18(29)25-10-17(27)28)15-7-6-12(8-23)13-4-2-3-5-14(13)15/h2-7,9H,1,10-11H2,(H,25,29)(H,27,28)/b16-9-. The number of fused-ring (bicyclic) bond motifs is 1. The number of amides is 1. The van der Waals surface area contributed by atoms with Gasteiger partial charge in [0.2, 0.25) is 0 Å². The molecule has 0 fully saturated rings. The number of rotatable bonds is 9. The first-order chi connectivity index (χ1) is 14.2. The van der Waals surface area contributed by atoms with Crippen molar-refractivity contribution in [2.75, 3.05) is 17.3 Å². The van der Waals surface area contributed by atoms with Gasteiger partial charge in [-0.25, -0.2) is 0 Å². The van der Waals surface area contributed by atoms with Crippen LogP contribution in [0.2, 0.25) is 0 Å². The molecule has 0 radical (unpaired) electrons. The van der Waals surface area contributed by atoms with Crippen molar-refractivity contribution in [3.05, 3.63) is 52.8 Å². The summed E-state index contributed by atoms with van der Waals surface area (Å²) in [5.74, 6) is -3.53. The van der Waals surface area contributed by atoms with Gasteiger partial charge in [-0.1, -0.05) is 36.0 Å². The van der Waals surface area contributed by atoms with Crippen molar-refractivity contribution in [1.82, 2.24) is 5.32 Å². The van der Waals surface area contributed by atoms with E-state index >= 15 is 0 Å². The van der Waals surface area contributed by atoms with Gasteiger partial charge in [0.05, 0.1) is 29.4 Å². The van der Waals surface area contributed by atoms with Crippen molar-refractivity contribution in [3.8, 4) is 6.07 Å². The molecule has 0 bridgehead atoms. The fourth-order valence-corrected chi connectivity index (χ4v) is 3.88. The molecule has 7 nitrogen and oxygen atoms in total. The Hall–Kier alpha value is -2.97. The maximum Gasteiger partial charge on any atom is 0.372 e. The van der Waals surface area contributed by atoms with Crippen LogP contribution >= 0.6 is 27.7 Å². The third-order valence-electron chi connectivity index (χ3n) is 3.81. The monoisotopic (exact) mass is 496 g/mol. The number of hydrogen-bond acceptors (Lipinski definition) is 6. The molecular weight excluding hydrogens is 482 g/mol. The predicted octanol–water partition coefficient (Wildman–Crippen LogP) is 3.90. The number of anilines is 1. The summed E-state index contributed by atoms with van der Waals surface area (Å²) in [5, 5.41) is 16.9. The molecule has 2 rings (SSSR count). The van der Waals surface area contributed by atoms with Gasteiger partial charge in [0.15, 0.2) is 0 Å². The zero-order valence-corrected chi connectivity index (χ0v) is 17.7. The van der Waals surface area contributed by atoms with Crippen LogP contribution in [-0.4, -0.2) is 41.4 Å². The Morgan fingerprint density at radius 2 is 2.00 bits per heavy atom. The second kappa shape index (κ2) is 10.2. The highest BCUT2D eigenvalue weighted by Crippen LogP contribution is 2.37. The molecule has 0 saturated carbocycles. The molecule has 0 saturated heterocycles. The molecule has 0 aliphatic rings. The van der Waals surface area contributed by atoms with Gasteiger partial charge in [-0.15, -0.1) is 0 Å². The number of nitrogens with zero attached hydrogens (tertiary/aromatic N) is 3. The summed E-state index contributed by atoms with van der Waals surface area (Å²) in [4.78, 5) is 27.2. The Morgan fingerprint density at radius 3 is 2.60 bits per heavy atom. The number of hydrogen-bond donors (Lipinski definition) is 2. The minimum absolute atomic E-state index is 0.00382. The van der Waals surface area contributed by atoms with Crippen LogP contribution in [0.5, 0.6) is 0 Å². The quantitative estimate of drug-likeness (QED) is 0.309. The van der Waals surface area contributed by atoms with E-state index in [9.17, 15) is 23.6 Å². The van der Waals surface area contributed by atoms with Crippen LogP contribution < -0.4 is 10.2 Å². The average molecular weight is 497 g/mol. The van der Waals surface area contributed by atoms with Gasteiger partial charge in [-0.3, -0.25) is 14.6 Å². The van der Waals surface area contributed by atoms with Crippen LogP contribution in [0.4, 0.5) is 14.5 Å². The number of halogens is 3. The maximum atomic E-state index is 14.2. The van der Waals surface area contributed by atoms with Crippen molar-refractivity contribution < 1.29 is 23.5 Å². The number of aliphatic carboxylic acids is 1. The highest BCUT2D eigenvalue weighted by Gasteiger charge is 2.40. The first-order valence-corrected chi connectivity index (χ1v) is 10.0. The van der Waals surface area contributed by atoms with E-state index in [0.29, 0.717) is 26.6 Å². The molecule has 2 aromatic rings. The molecule has 1 amide bonds. The molecule has 0 aromatic heterocycles. The van der Waals surface area contributed by atoms with E-state index < -0.39 is 29.6 Å². The molecule has 0 spiro atoms.